The van der Waals surface area contributed by atoms with E-state index < -0.39 is 10.0 Å². The monoisotopic (exact) mass is 266 g/mol. The van der Waals surface area contributed by atoms with Crippen LogP contribution in [-0.4, -0.2) is 46.5 Å². The molecule has 0 radical (unpaired) electrons. The van der Waals surface area contributed by atoms with Crippen molar-refractivity contribution in [2.75, 3.05) is 26.0 Å². The van der Waals surface area contributed by atoms with E-state index in [1.807, 2.05) is 20.8 Å². The Morgan fingerprint density at radius 3 is 2.41 bits per heavy atom. The molecule has 0 saturated carbocycles. The average molecular weight is 266 g/mol. The summed E-state index contributed by atoms with van der Waals surface area (Å²) < 4.78 is 31.2. The van der Waals surface area contributed by atoms with Crippen LogP contribution in [0.15, 0.2) is 0 Å². The van der Waals surface area contributed by atoms with Gasteiger partial charge in [-0.15, -0.1) is 0 Å². The number of ether oxygens (including phenoxy) is 1. The Balaban J connectivity index is 4.11. The smallest absolute Gasteiger partial charge is 0.213 e. The Morgan fingerprint density at radius 2 is 1.94 bits per heavy atom. The van der Waals surface area contributed by atoms with Crippen molar-refractivity contribution in [2.24, 2.45) is 0 Å². The van der Waals surface area contributed by atoms with Gasteiger partial charge in [0.1, 0.15) is 0 Å². The first-order chi connectivity index (χ1) is 7.91. The molecule has 6 heteroatoms. The van der Waals surface area contributed by atoms with Crippen molar-refractivity contribution in [3.63, 3.8) is 0 Å². The molecule has 0 aliphatic carbocycles. The van der Waals surface area contributed by atoms with Gasteiger partial charge in [0.2, 0.25) is 10.0 Å². The van der Waals surface area contributed by atoms with Crippen LogP contribution in [0.25, 0.3) is 0 Å². The van der Waals surface area contributed by atoms with Gasteiger partial charge in [0.15, 0.2) is 0 Å². The quantitative estimate of drug-likeness (QED) is 0.611. The van der Waals surface area contributed by atoms with E-state index in [-0.39, 0.29) is 11.8 Å². The van der Waals surface area contributed by atoms with Crippen LogP contribution in [0.3, 0.4) is 0 Å². The first kappa shape index (κ1) is 16.8. The van der Waals surface area contributed by atoms with Crippen LogP contribution in [0.1, 0.15) is 33.6 Å². The molecule has 0 aromatic carbocycles. The van der Waals surface area contributed by atoms with Crippen LogP contribution in [-0.2, 0) is 14.8 Å². The minimum atomic E-state index is -3.21. The lowest BCUT2D eigenvalue weighted by Gasteiger charge is -2.17. The average Bonchev–Trinajstić information content (AvgIpc) is 2.16. The minimum Gasteiger partial charge on any atom is -0.383 e. The number of hydrogen-bond donors (Lipinski definition) is 2. The molecule has 0 heterocycles. The first-order valence-corrected chi connectivity index (χ1v) is 7.78. The SMILES string of the molecule is CCCC(COC)NS(=O)(=O)CCNC(C)C. The van der Waals surface area contributed by atoms with Crippen molar-refractivity contribution in [3.05, 3.63) is 0 Å². The maximum absolute atomic E-state index is 11.8. The molecule has 0 rings (SSSR count). The van der Waals surface area contributed by atoms with Crippen LogP contribution in [0.5, 0.6) is 0 Å². The van der Waals surface area contributed by atoms with Gasteiger partial charge in [-0.25, -0.2) is 13.1 Å². The Kier molecular flexibility index (Phi) is 8.77. The second-order valence-corrected chi connectivity index (χ2v) is 6.36. The highest BCUT2D eigenvalue weighted by atomic mass is 32.2. The van der Waals surface area contributed by atoms with Crippen molar-refractivity contribution in [1.82, 2.24) is 10.0 Å². The predicted octanol–water partition coefficient (Wildman–Crippen LogP) is 0.719. The molecule has 0 aromatic rings. The molecule has 0 spiro atoms. The minimum absolute atomic E-state index is 0.106. The molecule has 0 aromatic heterocycles. The van der Waals surface area contributed by atoms with Gasteiger partial charge in [-0.2, -0.15) is 0 Å². The number of rotatable bonds is 10. The number of sulfonamides is 1. The summed E-state index contributed by atoms with van der Waals surface area (Å²) in [5.41, 5.74) is 0. The van der Waals surface area contributed by atoms with Crippen LogP contribution in [0.2, 0.25) is 0 Å². The third-order valence-corrected chi connectivity index (χ3v) is 3.71. The first-order valence-electron chi connectivity index (χ1n) is 6.13. The van der Waals surface area contributed by atoms with Crippen molar-refractivity contribution in [1.29, 1.82) is 0 Å². The molecule has 1 unspecified atom stereocenters. The number of methoxy groups -OCH3 is 1. The van der Waals surface area contributed by atoms with E-state index in [1.165, 1.54) is 0 Å². The predicted molar refractivity (Wildman–Crippen MR) is 70.6 cm³/mol. The van der Waals surface area contributed by atoms with Gasteiger partial charge >= 0.3 is 0 Å². The Bertz CT molecular complexity index is 272. The van der Waals surface area contributed by atoms with E-state index in [1.54, 1.807) is 7.11 Å². The van der Waals surface area contributed by atoms with E-state index in [2.05, 4.69) is 10.0 Å². The summed E-state index contributed by atoms with van der Waals surface area (Å²) >= 11 is 0. The molecular formula is C11H26N2O3S. The number of nitrogens with one attached hydrogen (secondary N) is 2. The molecular weight excluding hydrogens is 240 g/mol. The van der Waals surface area contributed by atoms with Gasteiger partial charge in [-0.1, -0.05) is 27.2 Å². The lowest BCUT2D eigenvalue weighted by atomic mass is 10.2. The van der Waals surface area contributed by atoms with E-state index >= 15 is 0 Å². The molecule has 0 aliphatic rings. The van der Waals surface area contributed by atoms with Crippen molar-refractivity contribution in [2.45, 2.75) is 45.7 Å². The molecule has 0 amide bonds. The molecule has 17 heavy (non-hydrogen) atoms. The Morgan fingerprint density at radius 1 is 1.29 bits per heavy atom. The third-order valence-electron chi connectivity index (χ3n) is 2.27. The summed E-state index contributed by atoms with van der Waals surface area (Å²) in [4.78, 5) is 0. The Hall–Kier alpha value is -0.170. The zero-order chi connectivity index (χ0) is 13.3. The Labute approximate surface area is 105 Å². The van der Waals surface area contributed by atoms with Gasteiger partial charge in [0, 0.05) is 25.7 Å². The fraction of sp³-hybridized carbons (Fsp3) is 1.00. The highest BCUT2D eigenvalue weighted by molar-refractivity contribution is 7.89. The second kappa shape index (κ2) is 8.85. The fourth-order valence-electron chi connectivity index (χ4n) is 1.52. The summed E-state index contributed by atoms with van der Waals surface area (Å²) in [6, 6.07) is 0.185. The van der Waals surface area contributed by atoms with Crippen molar-refractivity contribution in [3.8, 4) is 0 Å². The lowest BCUT2D eigenvalue weighted by molar-refractivity contribution is 0.171. The zero-order valence-corrected chi connectivity index (χ0v) is 12.1. The second-order valence-electron chi connectivity index (χ2n) is 4.49. The van der Waals surface area contributed by atoms with E-state index in [0.29, 0.717) is 19.2 Å². The van der Waals surface area contributed by atoms with Crippen LogP contribution < -0.4 is 10.0 Å². The standard InChI is InChI=1S/C11H26N2O3S/c1-5-6-11(9-16-4)13-17(14,15)8-7-12-10(2)3/h10-13H,5-9H2,1-4H3. The maximum Gasteiger partial charge on any atom is 0.213 e. The molecule has 0 saturated heterocycles. The molecule has 0 aliphatic heterocycles. The zero-order valence-electron chi connectivity index (χ0n) is 11.3. The largest absolute Gasteiger partial charge is 0.383 e. The van der Waals surface area contributed by atoms with Gasteiger partial charge in [-0.3, -0.25) is 0 Å². The molecule has 5 nitrogen and oxygen atoms in total. The topological polar surface area (TPSA) is 67.4 Å². The number of hydrogen-bond acceptors (Lipinski definition) is 4. The van der Waals surface area contributed by atoms with Crippen molar-refractivity contribution < 1.29 is 13.2 Å². The van der Waals surface area contributed by atoms with E-state index in [4.69, 9.17) is 4.74 Å². The van der Waals surface area contributed by atoms with Gasteiger partial charge < -0.3 is 10.1 Å². The molecule has 1 atom stereocenters. The highest BCUT2D eigenvalue weighted by Gasteiger charge is 2.16. The summed E-state index contributed by atoms with van der Waals surface area (Å²) in [7, 11) is -1.63. The van der Waals surface area contributed by atoms with Crippen LogP contribution >= 0.6 is 0 Å². The molecule has 0 fully saturated rings. The van der Waals surface area contributed by atoms with Gasteiger partial charge in [-0.05, 0) is 6.42 Å². The highest BCUT2D eigenvalue weighted by Crippen LogP contribution is 1.99. The lowest BCUT2D eigenvalue weighted by Crippen LogP contribution is -2.41. The summed E-state index contributed by atoms with van der Waals surface area (Å²) in [6.07, 6.45) is 1.73. The van der Waals surface area contributed by atoms with E-state index in [0.717, 1.165) is 12.8 Å². The van der Waals surface area contributed by atoms with Crippen molar-refractivity contribution >= 4 is 10.0 Å². The van der Waals surface area contributed by atoms with Gasteiger partial charge in [0.05, 0.1) is 12.4 Å². The summed E-state index contributed by atoms with van der Waals surface area (Å²) in [5.74, 6) is 0.106. The molecule has 104 valence electrons. The molecule has 2 N–H and O–H groups in total. The van der Waals surface area contributed by atoms with Crippen LogP contribution in [0.4, 0.5) is 0 Å². The summed E-state index contributed by atoms with van der Waals surface area (Å²) in [5, 5.41) is 3.09. The van der Waals surface area contributed by atoms with Crippen LogP contribution in [0, 0.1) is 0 Å². The third kappa shape index (κ3) is 9.52. The molecule has 0 bridgehead atoms. The maximum atomic E-state index is 11.8. The van der Waals surface area contributed by atoms with Gasteiger partial charge in [0.25, 0.3) is 0 Å². The normalized spacial score (nSPS) is 14.2. The fourth-order valence-corrected chi connectivity index (χ4v) is 2.72. The summed E-state index contributed by atoms with van der Waals surface area (Å²) in [6.45, 7) is 6.90. The van der Waals surface area contributed by atoms with E-state index in [9.17, 15) is 8.42 Å².